The van der Waals surface area contributed by atoms with Crippen LogP contribution in [0.4, 0.5) is 39.8 Å². The number of hydrogen-bond acceptors (Lipinski definition) is 27. The second-order valence-electron chi connectivity index (χ2n) is 25.6. The van der Waals surface area contributed by atoms with E-state index in [0.717, 1.165) is 16.6 Å². The van der Waals surface area contributed by atoms with Crippen LogP contribution in [0.15, 0.2) is 96.7 Å². The van der Waals surface area contributed by atoms with E-state index >= 15 is 0 Å². The van der Waals surface area contributed by atoms with E-state index < -0.39 is 16.9 Å². The van der Waals surface area contributed by atoms with Crippen molar-refractivity contribution < 1.29 is 94.8 Å². The van der Waals surface area contributed by atoms with Crippen LogP contribution in [0.25, 0.3) is 36.3 Å². The Hall–Kier alpha value is -10.3. The van der Waals surface area contributed by atoms with Crippen molar-refractivity contribution >= 4 is 192 Å². The minimum Gasteiger partial charge on any atom is -0.492 e. The molecular formula is C83H106Cl7N17O20P2. The maximum Gasteiger partial charge on any atom is 0.339 e. The number of nitrogens with one attached hydrogen (secondary N) is 5. The Labute approximate surface area is 784 Å². The van der Waals surface area contributed by atoms with Crippen molar-refractivity contribution in [1.29, 1.82) is 10.5 Å². The molecule has 0 spiro atoms. The van der Waals surface area contributed by atoms with Gasteiger partial charge >= 0.3 is 16.3 Å². The van der Waals surface area contributed by atoms with Gasteiger partial charge in [-0.3, -0.25) is 52.7 Å². The Kier molecular flexibility index (Phi) is 56.7. The minimum absolute atomic E-state index is 0.00389. The second kappa shape index (κ2) is 63.7. The molecule has 4 aliphatic heterocycles. The number of aromatic nitrogens is 2. The molecule has 0 bridgehead atoms. The summed E-state index contributed by atoms with van der Waals surface area (Å²) in [5.41, 5.74) is 12.3. The number of fused-ring (bicyclic) bond motifs is 2. The number of hydrogen-bond donors (Lipinski definition) is 6. The zero-order chi connectivity index (χ0) is 96.6. The number of halogens is 7. The highest BCUT2D eigenvalue weighted by atomic mass is 36.1. The predicted octanol–water partition coefficient (Wildman–Crippen LogP) is 16.6. The molecule has 4 saturated heterocycles. The summed E-state index contributed by atoms with van der Waals surface area (Å²) in [4.78, 5) is 105. The van der Waals surface area contributed by atoms with Crippen LogP contribution >= 0.6 is 89.4 Å². The molecule has 46 heteroatoms. The van der Waals surface area contributed by atoms with E-state index in [4.69, 9.17) is 94.4 Å². The highest BCUT2D eigenvalue weighted by Crippen LogP contribution is 2.62. The Balaban J connectivity index is 0.000000512. The number of nitriles is 2. The lowest BCUT2D eigenvalue weighted by Crippen LogP contribution is -2.41. The Morgan fingerprint density at radius 1 is 0.512 bits per heavy atom. The molecule has 0 unspecified atom stereocenters. The van der Waals surface area contributed by atoms with Crippen molar-refractivity contribution in [3.63, 3.8) is 0 Å². The number of nitrogen functional groups attached to an aromatic ring is 1. The first-order valence-corrected chi connectivity index (χ1v) is 49.0. The minimum atomic E-state index is -3.22. The lowest BCUT2D eigenvalue weighted by atomic mass is 10.1. The number of ether oxygens (including phenoxy) is 11. The summed E-state index contributed by atoms with van der Waals surface area (Å²) in [5.74, 6) is 0.878. The molecule has 6 heterocycles. The van der Waals surface area contributed by atoms with Crippen molar-refractivity contribution in [2.75, 3.05) is 195 Å². The SMILES string of the molecule is CCOC(OCC)OCC.CCOc1cc(N)ccc1NC(C)=O.CCOc1cc2ncc(C#N)c(Cl)c2cc1NC(C)=O.CCOc1cc2ncc(C#N)c(N3CCOCC3)c2cc1NC(C)=O.O=P(Cl)(Cl)Cl.O=P(Cl)(Cl)Cl.[C-]#[N+]/C(=C\Nc1ccc(NC(C)=O)c(OCC)c1)C(=O)N1CCOCC1.[C-]#[N+]C(=CC)C(=O)N1CCOCC1.[C-]#[N+]CC(=O)N1CCOCC1. The van der Waals surface area contributed by atoms with Gasteiger partial charge in [0.05, 0.1) is 148 Å². The van der Waals surface area contributed by atoms with Gasteiger partial charge in [0.15, 0.2) is 0 Å². The van der Waals surface area contributed by atoms with Crippen LogP contribution in [0, 0.1) is 42.4 Å². The molecular weight excluding hydrogens is 1870 g/mol. The Morgan fingerprint density at radius 3 is 1.25 bits per heavy atom. The normalized spacial score (nSPS) is 13.3. The fourth-order valence-corrected chi connectivity index (χ4v) is 11.3. The van der Waals surface area contributed by atoms with Gasteiger partial charge in [-0.25, -0.2) is 16.3 Å². The maximum absolute atomic E-state index is 12.4. The average molecular weight is 1970 g/mol. The van der Waals surface area contributed by atoms with Crippen LogP contribution in [0.3, 0.4) is 0 Å². The van der Waals surface area contributed by atoms with Gasteiger partial charge in [0.2, 0.25) is 29.3 Å². The van der Waals surface area contributed by atoms with Crippen LogP contribution in [-0.4, -0.2) is 231 Å². The average Bonchev–Trinajstić information content (AvgIpc) is 0.770. The topological polar surface area (TPSA) is 441 Å². The number of carbonyl (C=O) groups excluding carboxylic acids is 7. The zero-order valence-electron chi connectivity index (χ0n) is 73.3. The van der Waals surface area contributed by atoms with Crippen molar-refractivity contribution in [1.82, 2.24) is 24.7 Å². The first-order chi connectivity index (χ1) is 61.4. The third kappa shape index (κ3) is 46.2. The van der Waals surface area contributed by atoms with Crippen LogP contribution in [0.5, 0.6) is 23.0 Å². The molecule has 4 aromatic carbocycles. The quantitative estimate of drug-likeness (QED) is 0.0108. The van der Waals surface area contributed by atoms with Crippen LogP contribution in [0.2, 0.25) is 5.02 Å². The summed E-state index contributed by atoms with van der Waals surface area (Å²) in [6.07, 6.45) is 5.93. The highest BCUT2D eigenvalue weighted by molar-refractivity contribution is 8.25. The van der Waals surface area contributed by atoms with Crippen molar-refractivity contribution in [3.05, 3.63) is 147 Å². The van der Waals surface area contributed by atoms with E-state index in [1.807, 2.05) is 60.6 Å². The summed E-state index contributed by atoms with van der Waals surface area (Å²) in [7, 11) is 0. The molecule has 4 fully saturated rings. The van der Waals surface area contributed by atoms with E-state index in [1.165, 1.54) is 40.1 Å². The number of nitrogens with two attached hydrogens (primary N) is 1. The number of carbonyl (C=O) groups is 7. The van der Waals surface area contributed by atoms with E-state index in [2.05, 4.69) is 130 Å². The molecule has 0 atom stereocenters. The van der Waals surface area contributed by atoms with Crippen molar-refractivity contribution in [2.24, 2.45) is 0 Å². The van der Waals surface area contributed by atoms with E-state index in [0.29, 0.717) is 230 Å². The number of allylic oxidation sites excluding steroid dienone is 1. The lowest BCUT2D eigenvalue weighted by molar-refractivity contribution is -0.282. The molecule has 129 heavy (non-hydrogen) atoms. The monoisotopic (exact) mass is 1970 g/mol. The number of amides is 7. The molecule has 702 valence electrons. The van der Waals surface area contributed by atoms with Crippen molar-refractivity contribution in [2.45, 2.75) is 89.6 Å². The van der Waals surface area contributed by atoms with Gasteiger partial charge in [-0.05, 0) is 152 Å². The number of morpholine rings is 4. The van der Waals surface area contributed by atoms with Crippen molar-refractivity contribution in [3.8, 4) is 35.1 Å². The first kappa shape index (κ1) is 115. The zero-order valence-corrected chi connectivity index (χ0v) is 80.4. The highest BCUT2D eigenvalue weighted by Gasteiger charge is 2.25. The summed E-state index contributed by atoms with van der Waals surface area (Å²) < 4.78 is 77.0. The summed E-state index contributed by atoms with van der Waals surface area (Å²) >= 11 is 33.9. The second-order valence-corrected chi connectivity index (χ2v) is 39.3. The van der Waals surface area contributed by atoms with Gasteiger partial charge in [-0.15, -0.1) is 0 Å². The van der Waals surface area contributed by atoms with E-state index in [-0.39, 0.29) is 64.9 Å². The number of pyridine rings is 2. The molecule has 6 aromatic rings. The standard InChI is InChI=1S/C18H22N4O4.C18H20N4O3.C14H12ClN3O2.C10H14N2O2.C9H12N2O2.C7H10N2O2.C7H16O3.2Cl3OP/c1-4-26-17-11-14(5-6-15(17)21-13(2)23)20-12-16(19-3)18(24)22-7-9-25-10-8-22;1-3-25-17-9-15-14(8-16(17)21-12(2)23)18(13(10-19)11-20-15)22-4-6-24-7-5-22;1-3-20-13-5-11-10(4-12(13)18-8(2)19)14(15)9(6-16)7-17-11;1-3-14-10-6-8(11)4-5-9(10)12-7(2)13;1-3-8(10-2)9(12)11-4-6-13-7-5-11;1-8-6-7(10)9-2-4-11-5-3-9;1-4-8-7(9-5-2)10-6-3;2*1-5(2,3)4/h5-6,11-12,20H,4,7-10H2,1-2H3,(H,21,23);8-9,11H,3-7H2,1-2H3,(H,21,23);4-5,7H,3H2,1-2H3,(H,18,19);4-6H,3,11H2,1-2H3,(H,12,13);3H,4-7H2,1H3;2-6H2;7H,4-6H2,1-3H3;;/b16-12-;;;;;;;;. The molecule has 10 rings (SSSR count). The fraction of sp³-hybridized carbons (Fsp3) is 0.446. The van der Waals surface area contributed by atoms with Crippen LogP contribution < -0.4 is 56.2 Å². The number of nitrogens with zero attached hydrogens (tertiary/aromatic N) is 11. The van der Waals surface area contributed by atoms with Gasteiger partial charge in [-0.1, -0.05) is 24.6 Å². The molecule has 0 aliphatic carbocycles. The summed E-state index contributed by atoms with van der Waals surface area (Å²) in [6, 6.07) is 21.4. The van der Waals surface area contributed by atoms with Gasteiger partial charge in [0.25, 0.3) is 30.5 Å². The summed E-state index contributed by atoms with van der Waals surface area (Å²) in [5, 5.41) is 27.5. The summed E-state index contributed by atoms with van der Waals surface area (Å²) in [6.45, 7) is 53.7. The largest absolute Gasteiger partial charge is 0.492 e. The molecule has 7 N–H and O–H groups in total. The molecule has 0 saturated carbocycles. The molecule has 2 aromatic heterocycles. The first-order valence-electron chi connectivity index (χ1n) is 39.8. The fourth-order valence-electron chi connectivity index (χ4n) is 11.0. The van der Waals surface area contributed by atoms with E-state index in [1.54, 1.807) is 88.5 Å². The number of rotatable bonds is 24. The maximum atomic E-state index is 12.4. The predicted molar refractivity (Wildman–Crippen MR) is 501 cm³/mol. The van der Waals surface area contributed by atoms with Gasteiger partial charge in [0.1, 0.15) is 35.1 Å². The Morgan fingerprint density at radius 2 is 0.868 bits per heavy atom. The van der Waals surface area contributed by atoms with Gasteiger partial charge in [0, 0.05) is 165 Å². The third-order valence-corrected chi connectivity index (χ3v) is 16.7. The molecule has 7 amide bonds. The Bertz CT molecular complexity index is 4990. The third-order valence-electron chi connectivity index (χ3n) is 16.3. The van der Waals surface area contributed by atoms with Gasteiger partial charge in [-0.2, -0.15) is 10.5 Å². The molecule has 0 radical (unpaired) electrons. The molecule has 4 aliphatic rings. The number of anilines is 7. The molecule has 37 nitrogen and oxygen atoms in total. The number of benzene rings is 4. The lowest BCUT2D eigenvalue weighted by Gasteiger charge is -2.30. The van der Waals surface area contributed by atoms with Gasteiger partial charge < -0.3 is 109 Å². The van der Waals surface area contributed by atoms with Crippen LogP contribution in [0.1, 0.15) is 94.2 Å². The van der Waals surface area contributed by atoms with Crippen LogP contribution in [-0.2, 0) is 75.8 Å². The smallest absolute Gasteiger partial charge is 0.339 e. The van der Waals surface area contributed by atoms with E-state index in [9.17, 15) is 48.0 Å².